The molecule has 118 valence electrons. The Morgan fingerprint density at radius 1 is 1.48 bits per heavy atom. The number of hydrogen-bond acceptors (Lipinski definition) is 5. The molecule has 0 aliphatic heterocycles. The standard InChI is InChI=1S/C14H22N2O4S/c1-9(16-13(19)20-14(2,3)4)7-11-15-8-10(21-11)5-6-12(17)18/h8-9H,5-7H2,1-4H3,(H,16,19)(H,17,18). The Labute approximate surface area is 128 Å². The van der Waals surface area contributed by atoms with E-state index in [1.54, 1.807) is 6.20 Å². The van der Waals surface area contributed by atoms with Gasteiger partial charge in [-0.15, -0.1) is 11.3 Å². The summed E-state index contributed by atoms with van der Waals surface area (Å²) < 4.78 is 5.18. The van der Waals surface area contributed by atoms with Gasteiger partial charge in [0, 0.05) is 23.5 Å². The van der Waals surface area contributed by atoms with Crippen LogP contribution in [-0.4, -0.2) is 33.8 Å². The van der Waals surface area contributed by atoms with Gasteiger partial charge in [-0.2, -0.15) is 0 Å². The molecule has 0 aromatic carbocycles. The minimum atomic E-state index is -0.815. The number of aromatic nitrogens is 1. The number of carboxylic acid groups (broad SMARTS) is 1. The number of thiazole rings is 1. The van der Waals surface area contributed by atoms with Gasteiger partial charge in [-0.25, -0.2) is 9.78 Å². The number of ether oxygens (including phenoxy) is 1. The van der Waals surface area contributed by atoms with Crippen LogP contribution in [0.25, 0.3) is 0 Å². The summed E-state index contributed by atoms with van der Waals surface area (Å²) in [6, 6.07) is -0.0988. The Kier molecular flexibility index (Phi) is 6.14. The number of aliphatic carboxylic acids is 1. The van der Waals surface area contributed by atoms with E-state index in [0.29, 0.717) is 12.8 Å². The number of alkyl carbamates (subject to hydrolysis) is 1. The fourth-order valence-corrected chi connectivity index (χ4v) is 2.66. The van der Waals surface area contributed by atoms with Gasteiger partial charge in [-0.05, 0) is 34.1 Å². The van der Waals surface area contributed by atoms with Crippen LogP contribution in [-0.2, 0) is 22.4 Å². The monoisotopic (exact) mass is 314 g/mol. The summed E-state index contributed by atoms with van der Waals surface area (Å²) in [7, 11) is 0. The lowest BCUT2D eigenvalue weighted by Crippen LogP contribution is -2.38. The molecular weight excluding hydrogens is 292 g/mol. The van der Waals surface area contributed by atoms with Crippen LogP contribution in [0.1, 0.15) is 44.0 Å². The molecular formula is C14H22N2O4S. The summed E-state index contributed by atoms with van der Waals surface area (Å²) >= 11 is 1.48. The van der Waals surface area contributed by atoms with E-state index in [9.17, 15) is 9.59 Å². The summed E-state index contributed by atoms with van der Waals surface area (Å²) in [5, 5.41) is 12.3. The lowest BCUT2D eigenvalue weighted by molar-refractivity contribution is -0.136. The van der Waals surface area contributed by atoms with Crippen molar-refractivity contribution in [2.24, 2.45) is 0 Å². The smallest absolute Gasteiger partial charge is 0.407 e. The van der Waals surface area contributed by atoms with Crippen molar-refractivity contribution in [2.75, 3.05) is 0 Å². The maximum absolute atomic E-state index is 11.6. The molecule has 0 fully saturated rings. The third-order valence-electron chi connectivity index (χ3n) is 2.43. The summed E-state index contributed by atoms with van der Waals surface area (Å²) in [6.45, 7) is 7.31. The molecule has 1 heterocycles. The summed E-state index contributed by atoms with van der Waals surface area (Å²) in [6.07, 6.45) is 2.44. The molecule has 0 bridgehead atoms. The summed E-state index contributed by atoms with van der Waals surface area (Å²) in [5.74, 6) is -0.815. The lowest BCUT2D eigenvalue weighted by Gasteiger charge is -2.21. The number of aryl methyl sites for hydroxylation is 1. The molecule has 2 N–H and O–H groups in total. The number of rotatable bonds is 6. The van der Waals surface area contributed by atoms with Crippen molar-refractivity contribution in [3.63, 3.8) is 0 Å². The zero-order valence-corrected chi connectivity index (χ0v) is 13.6. The topological polar surface area (TPSA) is 88.5 Å². The van der Waals surface area contributed by atoms with Crippen LogP contribution in [0.2, 0.25) is 0 Å². The van der Waals surface area contributed by atoms with Gasteiger partial charge in [0.1, 0.15) is 5.60 Å². The van der Waals surface area contributed by atoms with Gasteiger partial charge in [0.2, 0.25) is 0 Å². The molecule has 1 rings (SSSR count). The summed E-state index contributed by atoms with van der Waals surface area (Å²) in [4.78, 5) is 27.3. The van der Waals surface area contributed by atoms with Crippen molar-refractivity contribution in [3.8, 4) is 0 Å². The van der Waals surface area contributed by atoms with Crippen LogP contribution in [0.15, 0.2) is 6.20 Å². The average Bonchev–Trinajstić information content (AvgIpc) is 2.70. The zero-order valence-electron chi connectivity index (χ0n) is 12.8. The quantitative estimate of drug-likeness (QED) is 0.842. The molecule has 21 heavy (non-hydrogen) atoms. The van der Waals surface area contributed by atoms with Crippen molar-refractivity contribution in [3.05, 3.63) is 16.1 Å². The van der Waals surface area contributed by atoms with Crippen molar-refractivity contribution < 1.29 is 19.4 Å². The molecule has 1 aromatic rings. The number of nitrogens with zero attached hydrogens (tertiary/aromatic N) is 1. The van der Waals surface area contributed by atoms with Gasteiger partial charge in [-0.1, -0.05) is 0 Å². The Bertz CT molecular complexity index is 493. The fraction of sp³-hybridized carbons (Fsp3) is 0.643. The van der Waals surface area contributed by atoms with Crippen molar-refractivity contribution in [2.45, 2.75) is 58.6 Å². The van der Waals surface area contributed by atoms with Crippen LogP contribution >= 0.6 is 11.3 Å². The van der Waals surface area contributed by atoms with E-state index in [2.05, 4.69) is 10.3 Å². The number of carboxylic acids is 1. The molecule has 0 saturated carbocycles. The SMILES string of the molecule is CC(Cc1ncc(CCC(=O)O)s1)NC(=O)OC(C)(C)C. The second-order valence-electron chi connectivity index (χ2n) is 5.87. The first kappa shape index (κ1) is 17.4. The third-order valence-corrected chi connectivity index (χ3v) is 3.51. The highest BCUT2D eigenvalue weighted by Crippen LogP contribution is 2.16. The van der Waals surface area contributed by atoms with Crippen LogP contribution in [0.4, 0.5) is 4.79 Å². The van der Waals surface area contributed by atoms with Gasteiger partial charge in [0.25, 0.3) is 0 Å². The first-order valence-corrected chi connectivity index (χ1v) is 7.62. The Morgan fingerprint density at radius 3 is 2.71 bits per heavy atom. The molecule has 0 saturated heterocycles. The predicted molar refractivity (Wildman–Crippen MR) is 80.6 cm³/mol. The Hall–Kier alpha value is -1.63. The van der Waals surface area contributed by atoms with Crippen LogP contribution in [0.5, 0.6) is 0 Å². The van der Waals surface area contributed by atoms with Gasteiger partial charge in [0.05, 0.1) is 11.4 Å². The van der Waals surface area contributed by atoms with E-state index < -0.39 is 17.7 Å². The third kappa shape index (κ3) is 7.65. The van der Waals surface area contributed by atoms with E-state index in [-0.39, 0.29) is 12.5 Å². The maximum Gasteiger partial charge on any atom is 0.407 e. The summed E-state index contributed by atoms with van der Waals surface area (Å²) in [5.41, 5.74) is -0.519. The second-order valence-corrected chi connectivity index (χ2v) is 7.07. The van der Waals surface area contributed by atoms with Crippen molar-refractivity contribution in [1.29, 1.82) is 0 Å². The molecule has 0 radical (unpaired) electrons. The molecule has 1 aromatic heterocycles. The first-order chi connectivity index (χ1) is 9.65. The highest BCUT2D eigenvalue weighted by Gasteiger charge is 2.18. The van der Waals surface area contributed by atoms with E-state index in [0.717, 1.165) is 9.88 Å². The molecule has 1 unspecified atom stereocenters. The van der Waals surface area contributed by atoms with E-state index in [1.165, 1.54) is 11.3 Å². The van der Waals surface area contributed by atoms with Crippen molar-refractivity contribution >= 4 is 23.4 Å². The molecule has 0 aliphatic carbocycles. The fourth-order valence-electron chi connectivity index (χ4n) is 1.61. The van der Waals surface area contributed by atoms with Crippen LogP contribution < -0.4 is 5.32 Å². The van der Waals surface area contributed by atoms with Crippen molar-refractivity contribution in [1.82, 2.24) is 10.3 Å². The highest BCUT2D eigenvalue weighted by molar-refractivity contribution is 7.11. The number of hydrogen-bond donors (Lipinski definition) is 2. The highest BCUT2D eigenvalue weighted by atomic mass is 32.1. The molecule has 6 nitrogen and oxygen atoms in total. The Morgan fingerprint density at radius 2 is 2.14 bits per heavy atom. The van der Waals surface area contributed by atoms with Crippen LogP contribution in [0, 0.1) is 0 Å². The number of amides is 1. The van der Waals surface area contributed by atoms with Crippen LogP contribution in [0.3, 0.4) is 0 Å². The predicted octanol–water partition coefficient (Wildman–Crippen LogP) is 2.62. The largest absolute Gasteiger partial charge is 0.481 e. The van der Waals surface area contributed by atoms with Gasteiger partial charge in [-0.3, -0.25) is 4.79 Å². The number of nitrogens with one attached hydrogen (secondary N) is 1. The average molecular weight is 314 g/mol. The van der Waals surface area contributed by atoms with E-state index >= 15 is 0 Å². The van der Waals surface area contributed by atoms with Gasteiger partial charge < -0.3 is 15.2 Å². The number of carbonyl (C=O) groups is 2. The lowest BCUT2D eigenvalue weighted by atomic mass is 10.2. The molecule has 7 heteroatoms. The minimum absolute atomic E-state index is 0.0988. The first-order valence-electron chi connectivity index (χ1n) is 6.80. The second kappa shape index (κ2) is 7.40. The minimum Gasteiger partial charge on any atom is -0.481 e. The molecule has 1 atom stereocenters. The van der Waals surface area contributed by atoms with E-state index in [1.807, 2.05) is 27.7 Å². The maximum atomic E-state index is 11.6. The number of carbonyl (C=O) groups excluding carboxylic acids is 1. The molecule has 0 spiro atoms. The van der Waals surface area contributed by atoms with Gasteiger partial charge >= 0.3 is 12.1 Å². The molecule has 0 aliphatic rings. The normalized spacial score (nSPS) is 12.8. The van der Waals surface area contributed by atoms with Gasteiger partial charge in [0.15, 0.2) is 0 Å². The zero-order chi connectivity index (χ0) is 16.0. The molecule has 1 amide bonds. The Balaban J connectivity index is 2.42. The van der Waals surface area contributed by atoms with E-state index in [4.69, 9.17) is 9.84 Å².